The number of rotatable bonds is 3. The van der Waals surface area contributed by atoms with Gasteiger partial charge in [0.05, 0.1) is 15.6 Å². The zero-order chi connectivity index (χ0) is 14.8. The molecule has 0 aliphatic heterocycles. The molecule has 1 aromatic heterocycles. The molecule has 0 bridgehead atoms. The summed E-state index contributed by atoms with van der Waals surface area (Å²) in [5.74, 6) is -0.164. The summed E-state index contributed by atoms with van der Waals surface area (Å²) in [5, 5.41) is 5.48. The highest BCUT2D eigenvalue weighted by Gasteiger charge is 2.36. The predicted octanol–water partition coefficient (Wildman–Crippen LogP) is 3.82. The average Bonchev–Trinajstić information content (AvgIpc) is 2.63. The molecule has 0 aromatic carbocycles. The number of amides is 1. The second-order valence-corrected chi connectivity index (χ2v) is 7.07. The maximum atomic E-state index is 12.5. The van der Waals surface area contributed by atoms with Crippen LogP contribution in [0.4, 0.5) is 0 Å². The molecule has 0 saturated heterocycles. The average molecular weight is 331 g/mol. The van der Waals surface area contributed by atoms with Crippen LogP contribution in [0.25, 0.3) is 0 Å². The van der Waals surface area contributed by atoms with Crippen molar-refractivity contribution in [1.82, 2.24) is 5.32 Å². The lowest BCUT2D eigenvalue weighted by Crippen LogP contribution is -2.56. The van der Waals surface area contributed by atoms with Crippen molar-refractivity contribution in [2.24, 2.45) is 5.73 Å². The van der Waals surface area contributed by atoms with Gasteiger partial charge in [0.2, 0.25) is 0 Å². The summed E-state index contributed by atoms with van der Waals surface area (Å²) in [6.07, 6.45) is 6.04. The predicted molar refractivity (Wildman–Crippen MR) is 88.8 cm³/mol. The van der Waals surface area contributed by atoms with Gasteiger partial charge >= 0.3 is 0 Å². The Morgan fingerprint density at radius 1 is 1.40 bits per heavy atom. The summed E-state index contributed by atoms with van der Waals surface area (Å²) >= 11 is 12.8. The number of thiocarbonyl (C=S) groups is 1. The zero-order valence-corrected chi connectivity index (χ0v) is 13.9. The van der Waals surface area contributed by atoms with Gasteiger partial charge in [0.1, 0.15) is 4.88 Å². The topological polar surface area (TPSA) is 55.1 Å². The van der Waals surface area contributed by atoms with Gasteiger partial charge in [0, 0.05) is 0 Å². The zero-order valence-electron chi connectivity index (χ0n) is 11.5. The summed E-state index contributed by atoms with van der Waals surface area (Å²) < 4.78 is 0. The van der Waals surface area contributed by atoms with E-state index in [1.54, 1.807) is 0 Å². The molecule has 1 aliphatic carbocycles. The van der Waals surface area contributed by atoms with Crippen molar-refractivity contribution < 1.29 is 4.79 Å². The Morgan fingerprint density at radius 3 is 2.45 bits per heavy atom. The Kier molecular flexibility index (Phi) is 5.04. The van der Waals surface area contributed by atoms with E-state index in [0.29, 0.717) is 14.9 Å². The van der Waals surface area contributed by atoms with Crippen molar-refractivity contribution in [3.63, 3.8) is 0 Å². The summed E-state index contributed by atoms with van der Waals surface area (Å²) in [4.78, 5) is 13.4. The number of aryl methyl sites for hydroxylation is 1. The van der Waals surface area contributed by atoms with E-state index in [-0.39, 0.29) is 5.91 Å². The molecule has 1 saturated carbocycles. The van der Waals surface area contributed by atoms with Gasteiger partial charge in [0.25, 0.3) is 5.91 Å². The first-order valence-corrected chi connectivity index (χ1v) is 8.49. The number of hydrogen-bond acceptors (Lipinski definition) is 3. The molecule has 1 fully saturated rings. The van der Waals surface area contributed by atoms with Crippen LogP contribution in [0.2, 0.25) is 5.02 Å². The van der Waals surface area contributed by atoms with Gasteiger partial charge in [-0.05, 0) is 30.7 Å². The van der Waals surface area contributed by atoms with Gasteiger partial charge in [-0.1, -0.05) is 49.5 Å². The van der Waals surface area contributed by atoms with Crippen LogP contribution in [-0.2, 0) is 0 Å². The molecule has 1 aromatic rings. The SMILES string of the molecule is Cc1csc(C(=O)NC2(C(N)=S)CCCCCC2)c1Cl. The lowest BCUT2D eigenvalue weighted by atomic mass is 9.90. The third-order valence-corrected chi connectivity index (χ3v) is 5.97. The molecule has 110 valence electrons. The molecule has 3 N–H and O–H groups in total. The van der Waals surface area contributed by atoms with Crippen LogP contribution in [0.15, 0.2) is 5.38 Å². The molecule has 0 radical (unpaired) electrons. The normalized spacial score (nSPS) is 18.3. The molecule has 1 aliphatic rings. The summed E-state index contributed by atoms with van der Waals surface area (Å²) in [6.45, 7) is 1.89. The second-order valence-electron chi connectivity index (χ2n) is 5.38. The maximum absolute atomic E-state index is 12.5. The summed E-state index contributed by atoms with van der Waals surface area (Å²) in [5.41, 5.74) is 6.30. The summed E-state index contributed by atoms with van der Waals surface area (Å²) in [7, 11) is 0. The van der Waals surface area contributed by atoms with Crippen LogP contribution in [0.3, 0.4) is 0 Å². The minimum Gasteiger partial charge on any atom is -0.391 e. The van der Waals surface area contributed by atoms with E-state index >= 15 is 0 Å². The monoisotopic (exact) mass is 330 g/mol. The minimum atomic E-state index is -0.551. The number of hydrogen-bond donors (Lipinski definition) is 2. The second kappa shape index (κ2) is 6.41. The number of nitrogens with two attached hydrogens (primary N) is 1. The number of halogens is 1. The van der Waals surface area contributed by atoms with Gasteiger partial charge < -0.3 is 11.1 Å². The largest absolute Gasteiger partial charge is 0.391 e. The van der Waals surface area contributed by atoms with Crippen molar-refractivity contribution in [3.8, 4) is 0 Å². The molecule has 0 unspecified atom stereocenters. The molecule has 1 amide bonds. The Morgan fingerprint density at radius 2 is 2.00 bits per heavy atom. The standard InChI is InChI=1S/C14H19ClN2OS2/c1-9-8-20-11(10(9)15)12(18)17-14(13(16)19)6-4-2-3-5-7-14/h8H,2-7H2,1H3,(H2,16,19)(H,17,18). The van der Waals surface area contributed by atoms with Crippen molar-refractivity contribution in [1.29, 1.82) is 0 Å². The minimum absolute atomic E-state index is 0.164. The maximum Gasteiger partial charge on any atom is 0.263 e. The number of nitrogens with one attached hydrogen (secondary N) is 1. The van der Waals surface area contributed by atoms with Crippen molar-refractivity contribution in [2.75, 3.05) is 0 Å². The van der Waals surface area contributed by atoms with Crippen LogP contribution in [-0.4, -0.2) is 16.4 Å². The fraction of sp³-hybridized carbons (Fsp3) is 0.571. The van der Waals surface area contributed by atoms with Crippen LogP contribution < -0.4 is 11.1 Å². The Hall–Kier alpha value is -0.650. The molecule has 1 heterocycles. The van der Waals surface area contributed by atoms with E-state index < -0.39 is 5.54 Å². The Labute approximate surface area is 133 Å². The fourth-order valence-electron chi connectivity index (χ4n) is 2.62. The van der Waals surface area contributed by atoms with Gasteiger partial charge in [0.15, 0.2) is 0 Å². The Bertz CT molecular complexity index is 519. The smallest absolute Gasteiger partial charge is 0.263 e. The molecule has 3 nitrogen and oxygen atoms in total. The van der Waals surface area contributed by atoms with Gasteiger partial charge in [-0.15, -0.1) is 11.3 Å². The van der Waals surface area contributed by atoms with Crippen LogP contribution >= 0.6 is 35.2 Å². The number of carbonyl (C=O) groups is 1. The molecule has 0 atom stereocenters. The highest BCUT2D eigenvalue weighted by Crippen LogP contribution is 2.31. The van der Waals surface area contributed by atoms with Gasteiger partial charge in [-0.3, -0.25) is 4.79 Å². The molecular formula is C14H19ClN2OS2. The van der Waals surface area contributed by atoms with Crippen molar-refractivity contribution >= 4 is 46.1 Å². The number of thiophene rings is 1. The van der Waals surface area contributed by atoms with E-state index in [4.69, 9.17) is 29.6 Å². The van der Waals surface area contributed by atoms with E-state index in [9.17, 15) is 4.79 Å². The van der Waals surface area contributed by atoms with Crippen molar-refractivity contribution in [3.05, 3.63) is 20.8 Å². The molecule has 0 spiro atoms. The van der Waals surface area contributed by atoms with Gasteiger partial charge in [-0.2, -0.15) is 0 Å². The first-order chi connectivity index (χ1) is 9.46. The number of carbonyl (C=O) groups excluding carboxylic acids is 1. The van der Waals surface area contributed by atoms with Crippen LogP contribution in [0.5, 0.6) is 0 Å². The third-order valence-electron chi connectivity index (χ3n) is 3.89. The van der Waals surface area contributed by atoms with E-state index in [1.807, 2.05) is 12.3 Å². The van der Waals surface area contributed by atoms with E-state index in [1.165, 1.54) is 24.2 Å². The van der Waals surface area contributed by atoms with Gasteiger partial charge in [-0.25, -0.2) is 0 Å². The third kappa shape index (κ3) is 3.15. The van der Waals surface area contributed by atoms with E-state index in [0.717, 1.165) is 31.2 Å². The Balaban J connectivity index is 2.22. The molecular weight excluding hydrogens is 312 g/mol. The summed E-state index contributed by atoms with van der Waals surface area (Å²) in [6, 6.07) is 0. The lowest BCUT2D eigenvalue weighted by Gasteiger charge is -2.32. The molecule has 2 rings (SSSR count). The van der Waals surface area contributed by atoms with Crippen LogP contribution in [0, 0.1) is 6.92 Å². The first-order valence-electron chi connectivity index (χ1n) is 6.82. The van der Waals surface area contributed by atoms with E-state index in [2.05, 4.69) is 5.32 Å². The highest BCUT2D eigenvalue weighted by atomic mass is 35.5. The quantitative estimate of drug-likeness (QED) is 0.654. The van der Waals surface area contributed by atoms with Crippen molar-refractivity contribution in [2.45, 2.75) is 51.0 Å². The fourth-order valence-corrected chi connectivity index (χ4v) is 4.05. The van der Waals surface area contributed by atoms with Crippen LogP contribution in [0.1, 0.15) is 53.8 Å². The molecule has 20 heavy (non-hydrogen) atoms. The highest BCUT2D eigenvalue weighted by molar-refractivity contribution is 7.80. The first kappa shape index (κ1) is 15.7. The lowest BCUT2D eigenvalue weighted by molar-refractivity contribution is 0.0922. The molecule has 6 heteroatoms.